The highest BCUT2D eigenvalue weighted by atomic mass is 16.7. The molecule has 166 valence electrons. The van der Waals surface area contributed by atoms with Crippen molar-refractivity contribution in [1.29, 1.82) is 0 Å². The Kier molecular flexibility index (Phi) is 5.55. The van der Waals surface area contributed by atoms with E-state index in [1.807, 2.05) is 25.1 Å². The van der Waals surface area contributed by atoms with Gasteiger partial charge in [0.15, 0.2) is 29.2 Å². The van der Waals surface area contributed by atoms with Crippen LogP contribution in [0.1, 0.15) is 24.0 Å². The van der Waals surface area contributed by atoms with E-state index in [0.29, 0.717) is 34.5 Å². The predicted octanol–water partition coefficient (Wildman–Crippen LogP) is 2.10. The fourth-order valence-electron chi connectivity index (χ4n) is 4.05. The summed E-state index contributed by atoms with van der Waals surface area (Å²) in [6, 6.07) is 6.80. The molecule has 2 aromatic rings. The molecule has 2 aromatic carbocycles. The van der Waals surface area contributed by atoms with Gasteiger partial charge in [-0.3, -0.25) is 5.43 Å². The first-order valence-electron chi connectivity index (χ1n) is 9.67. The Bertz CT molecular complexity index is 972. The van der Waals surface area contributed by atoms with Crippen LogP contribution in [0, 0.1) is 5.92 Å². The van der Waals surface area contributed by atoms with Gasteiger partial charge in [-0.1, -0.05) is 6.92 Å². The van der Waals surface area contributed by atoms with Crippen molar-refractivity contribution in [3.05, 3.63) is 35.4 Å². The van der Waals surface area contributed by atoms with Crippen LogP contribution in [-0.4, -0.2) is 40.4 Å². The summed E-state index contributed by atoms with van der Waals surface area (Å²) in [6.45, 7) is 2.15. The molecule has 4 N–H and O–H groups in total. The third-order valence-corrected chi connectivity index (χ3v) is 5.48. The van der Waals surface area contributed by atoms with Crippen LogP contribution in [0.2, 0.25) is 0 Å². The lowest BCUT2D eigenvalue weighted by Gasteiger charge is -2.38. The van der Waals surface area contributed by atoms with Crippen LogP contribution in [0.5, 0.6) is 34.5 Å². The molecule has 0 unspecified atom stereocenters. The van der Waals surface area contributed by atoms with Gasteiger partial charge in [0.2, 0.25) is 12.5 Å². The number of rotatable bonds is 6. The number of methoxy groups -OCH3 is 3. The number of hydrogen-bond donors (Lipinski definition) is 3. The molecule has 0 spiro atoms. The highest BCUT2D eigenvalue weighted by Gasteiger charge is 2.39. The first-order chi connectivity index (χ1) is 15.0. The van der Waals surface area contributed by atoms with E-state index in [1.165, 1.54) is 0 Å². The smallest absolute Gasteiger partial charge is 0.326 e. The average molecular weight is 431 g/mol. The van der Waals surface area contributed by atoms with Crippen molar-refractivity contribution in [3.63, 3.8) is 0 Å². The third-order valence-electron chi connectivity index (χ3n) is 5.48. The number of ether oxygens (including phenoxy) is 6. The minimum atomic E-state index is -0.711. The van der Waals surface area contributed by atoms with Gasteiger partial charge < -0.3 is 34.2 Å². The number of hydrogen-bond acceptors (Lipinski definition) is 8. The van der Waals surface area contributed by atoms with Gasteiger partial charge >= 0.3 is 6.03 Å². The molecule has 31 heavy (non-hydrogen) atoms. The van der Waals surface area contributed by atoms with Crippen molar-refractivity contribution in [2.75, 3.05) is 28.1 Å². The molecule has 2 aliphatic heterocycles. The van der Waals surface area contributed by atoms with Crippen LogP contribution in [0.15, 0.2) is 24.3 Å². The van der Waals surface area contributed by atoms with Gasteiger partial charge in [0.05, 0.1) is 21.3 Å². The lowest BCUT2D eigenvalue weighted by Crippen LogP contribution is -2.54. The summed E-state index contributed by atoms with van der Waals surface area (Å²) in [7, 11) is 4.70. The van der Waals surface area contributed by atoms with E-state index in [2.05, 4.69) is 10.9 Å². The molecule has 0 bridgehead atoms. The zero-order chi connectivity index (χ0) is 22.1. The molecule has 2 heterocycles. The molecular formula is C21H25N3O7. The highest BCUT2D eigenvalue weighted by Crippen LogP contribution is 2.51. The Morgan fingerprint density at radius 3 is 2.23 bits per heavy atom. The van der Waals surface area contributed by atoms with Gasteiger partial charge in [0.1, 0.15) is 5.75 Å². The molecule has 10 heteroatoms. The SMILES string of the molecule is COc1cc([C@@H]2c3cc4c(cc3O[C@H](NNC(N)=O)[C@H]2C)OCO4)cc(OC)c1OC. The number of amides is 2. The largest absolute Gasteiger partial charge is 0.493 e. The molecule has 4 rings (SSSR count). The van der Waals surface area contributed by atoms with E-state index in [4.69, 9.17) is 34.2 Å². The maximum atomic E-state index is 11.2. The van der Waals surface area contributed by atoms with Crippen LogP contribution >= 0.6 is 0 Å². The maximum Gasteiger partial charge on any atom is 0.326 e. The minimum absolute atomic E-state index is 0.137. The lowest BCUT2D eigenvalue weighted by molar-refractivity contribution is 0.0691. The molecule has 2 aliphatic rings. The Labute approximate surface area is 179 Å². The van der Waals surface area contributed by atoms with Gasteiger partial charge in [0, 0.05) is 23.5 Å². The van der Waals surface area contributed by atoms with E-state index in [0.717, 1.165) is 11.1 Å². The topological polar surface area (TPSA) is 123 Å². The molecule has 0 saturated carbocycles. The molecular weight excluding hydrogens is 406 g/mol. The van der Waals surface area contributed by atoms with Gasteiger partial charge in [-0.2, -0.15) is 5.43 Å². The van der Waals surface area contributed by atoms with Crippen LogP contribution in [0.3, 0.4) is 0 Å². The molecule has 0 radical (unpaired) electrons. The van der Waals surface area contributed by atoms with Crippen molar-refractivity contribution in [2.45, 2.75) is 19.1 Å². The van der Waals surface area contributed by atoms with Crippen molar-refractivity contribution >= 4 is 6.03 Å². The molecule has 0 aromatic heterocycles. The number of benzene rings is 2. The zero-order valence-electron chi connectivity index (χ0n) is 17.7. The molecule has 0 fully saturated rings. The summed E-state index contributed by atoms with van der Waals surface area (Å²) in [5.74, 6) is 3.12. The fourth-order valence-corrected chi connectivity index (χ4v) is 4.05. The van der Waals surface area contributed by atoms with Crippen molar-refractivity contribution in [3.8, 4) is 34.5 Å². The Morgan fingerprint density at radius 1 is 1.00 bits per heavy atom. The number of nitrogens with one attached hydrogen (secondary N) is 2. The zero-order valence-corrected chi connectivity index (χ0v) is 17.7. The molecule has 2 amide bonds. The monoisotopic (exact) mass is 431 g/mol. The fraction of sp³-hybridized carbons (Fsp3) is 0.381. The Balaban J connectivity index is 1.84. The summed E-state index contributed by atoms with van der Waals surface area (Å²) in [6.07, 6.45) is -0.565. The number of urea groups is 1. The minimum Gasteiger partial charge on any atom is -0.493 e. The summed E-state index contributed by atoms with van der Waals surface area (Å²) >= 11 is 0. The maximum absolute atomic E-state index is 11.2. The van der Waals surface area contributed by atoms with E-state index >= 15 is 0 Å². The summed E-state index contributed by atoms with van der Waals surface area (Å²) in [5.41, 5.74) is 12.3. The van der Waals surface area contributed by atoms with Crippen LogP contribution in [0.25, 0.3) is 0 Å². The summed E-state index contributed by atoms with van der Waals surface area (Å²) in [4.78, 5) is 11.2. The molecule has 3 atom stereocenters. The Hall–Kier alpha value is -3.53. The number of carbonyl (C=O) groups excluding carboxylic acids is 1. The number of primary amides is 1. The van der Waals surface area contributed by atoms with Gasteiger partial charge in [-0.15, -0.1) is 0 Å². The first kappa shape index (κ1) is 20.7. The molecule has 0 saturated heterocycles. The quantitative estimate of drug-likeness (QED) is 0.595. The molecule has 10 nitrogen and oxygen atoms in total. The van der Waals surface area contributed by atoms with E-state index in [9.17, 15) is 4.79 Å². The number of carbonyl (C=O) groups is 1. The molecule has 0 aliphatic carbocycles. The number of hydrazine groups is 1. The predicted molar refractivity (Wildman–Crippen MR) is 110 cm³/mol. The van der Waals surface area contributed by atoms with E-state index in [-0.39, 0.29) is 18.6 Å². The van der Waals surface area contributed by atoms with Crippen LogP contribution in [0.4, 0.5) is 4.79 Å². The normalized spacial score (nSPS) is 21.0. The lowest BCUT2D eigenvalue weighted by atomic mass is 9.78. The van der Waals surface area contributed by atoms with Crippen molar-refractivity contribution in [1.82, 2.24) is 10.9 Å². The van der Waals surface area contributed by atoms with Crippen LogP contribution < -0.4 is 45.0 Å². The second-order valence-electron chi connectivity index (χ2n) is 7.21. The Morgan fingerprint density at radius 2 is 1.65 bits per heavy atom. The standard InChI is InChI=1S/C21H25N3O7/c1-10-18(11-5-16(26-2)19(28-4)17(6-11)27-3)12-7-14-15(30-9-29-14)8-13(12)31-20(10)23-24-21(22)25/h5-8,10,18,20,23H,9H2,1-4H3,(H3,22,24,25)/t10-,18+,20-/m0/s1. The average Bonchev–Trinajstić information content (AvgIpc) is 3.22. The van der Waals surface area contributed by atoms with Crippen molar-refractivity contribution < 1.29 is 33.2 Å². The van der Waals surface area contributed by atoms with Gasteiger partial charge in [-0.05, 0) is 23.8 Å². The van der Waals surface area contributed by atoms with Crippen LogP contribution in [-0.2, 0) is 0 Å². The first-order valence-corrected chi connectivity index (χ1v) is 9.67. The van der Waals surface area contributed by atoms with E-state index < -0.39 is 12.3 Å². The summed E-state index contributed by atoms with van der Waals surface area (Å²) in [5, 5.41) is 0. The number of fused-ring (bicyclic) bond motifs is 2. The number of nitrogens with two attached hydrogens (primary N) is 1. The van der Waals surface area contributed by atoms with Gasteiger partial charge in [0.25, 0.3) is 0 Å². The third kappa shape index (κ3) is 3.70. The van der Waals surface area contributed by atoms with Gasteiger partial charge in [-0.25, -0.2) is 4.79 Å². The van der Waals surface area contributed by atoms with Crippen molar-refractivity contribution in [2.24, 2.45) is 11.7 Å². The second-order valence-corrected chi connectivity index (χ2v) is 7.21. The highest BCUT2D eigenvalue weighted by molar-refractivity contribution is 5.71. The summed E-state index contributed by atoms with van der Waals surface area (Å²) < 4.78 is 33.8. The van der Waals surface area contributed by atoms with E-state index in [1.54, 1.807) is 27.4 Å². The second kappa shape index (κ2) is 8.31.